The monoisotopic (exact) mass is 362 g/mol. The van der Waals surface area contributed by atoms with Crippen molar-refractivity contribution in [2.45, 2.75) is 26.4 Å². The molecule has 0 spiro atoms. The van der Waals surface area contributed by atoms with Crippen LogP contribution in [-0.4, -0.2) is 11.7 Å². The summed E-state index contributed by atoms with van der Waals surface area (Å²) in [5.74, 6) is 0.941. The molecule has 26 heavy (non-hydrogen) atoms. The maximum Gasteiger partial charge on any atom is 0.127 e. The summed E-state index contributed by atoms with van der Waals surface area (Å²) in [4.78, 5) is 1.08. The van der Waals surface area contributed by atoms with Gasteiger partial charge in [-0.3, -0.25) is 0 Å². The molecule has 3 heteroatoms. The molecule has 0 saturated heterocycles. The van der Waals surface area contributed by atoms with E-state index in [1.165, 1.54) is 26.6 Å². The van der Waals surface area contributed by atoms with E-state index in [9.17, 15) is 5.11 Å². The molecule has 0 fully saturated rings. The van der Waals surface area contributed by atoms with E-state index in [2.05, 4.69) is 43.3 Å². The van der Waals surface area contributed by atoms with Gasteiger partial charge in [0.2, 0.25) is 0 Å². The minimum Gasteiger partial charge on any atom is -0.493 e. The fourth-order valence-corrected chi connectivity index (χ4v) is 4.67. The lowest BCUT2D eigenvalue weighted by atomic mass is 10.0. The molecule has 4 rings (SSSR count). The number of hydrogen-bond donors (Lipinski definition) is 1. The van der Waals surface area contributed by atoms with Crippen LogP contribution >= 0.6 is 11.3 Å². The fraction of sp³-hybridized carbons (Fsp3) is 0.217. The number of hydrogen-bond acceptors (Lipinski definition) is 3. The molecule has 1 aromatic heterocycles. The minimum atomic E-state index is 0.109. The zero-order chi connectivity index (χ0) is 17.9. The van der Waals surface area contributed by atoms with Gasteiger partial charge >= 0.3 is 0 Å². The SMILES string of the molecule is Cc1ccc2c(CCCOc3cccc4ccccc34)c(CO)sc2c1. The Morgan fingerprint density at radius 1 is 0.962 bits per heavy atom. The normalized spacial score (nSPS) is 11.3. The third kappa shape index (κ3) is 3.33. The number of rotatable bonds is 6. The van der Waals surface area contributed by atoms with Gasteiger partial charge in [-0.1, -0.05) is 48.5 Å². The average Bonchev–Trinajstić information content (AvgIpc) is 3.02. The molecular formula is C23H22O2S. The smallest absolute Gasteiger partial charge is 0.127 e. The summed E-state index contributed by atoms with van der Waals surface area (Å²) in [6, 6.07) is 21.0. The molecule has 3 aromatic carbocycles. The first-order valence-corrected chi connectivity index (χ1v) is 9.80. The zero-order valence-corrected chi connectivity index (χ0v) is 15.7. The number of fused-ring (bicyclic) bond motifs is 2. The van der Waals surface area contributed by atoms with Crippen LogP contribution in [0.2, 0.25) is 0 Å². The lowest BCUT2D eigenvalue weighted by Crippen LogP contribution is -2.01. The maximum absolute atomic E-state index is 9.72. The number of benzene rings is 3. The number of aryl methyl sites for hydroxylation is 2. The number of ether oxygens (including phenoxy) is 1. The van der Waals surface area contributed by atoms with E-state index in [1.807, 2.05) is 24.3 Å². The number of aliphatic hydroxyl groups is 1. The molecule has 0 aliphatic rings. The van der Waals surface area contributed by atoms with Crippen LogP contribution in [0.1, 0.15) is 22.4 Å². The molecule has 1 N–H and O–H groups in total. The number of aliphatic hydroxyl groups excluding tert-OH is 1. The van der Waals surface area contributed by atoms with Crippen molar-refractivity contribution in [3.63, 3.8) is 0 Å². The molecule has 1 heterocycles. The van der Waals surface area contributed by atoms with Gasteiger partial charge in [-0.15, -0.1) is 11.3 Å². The Morgan fingerprint density at radius 3 is 2.69 bits per heavy atom. The van der Waals surface area contributed by atoms with E-state index >= 15 is 0 Å². The largest absolute Gasteiger partial charge is 0.493 e. The van der Waals surface area contributed by atoms with Crippen molar-refractivity contribution in [2.24, 2.45) is 0 Å². The highest BCUT2D eigenvalue weighted by Gasteiger charge is 2.11. The zero-order valence-electron chi connectivity index (χ0n) is 14.9. The Hall–Kier alpha value is -2.36. The topological polar surface area (TPSA) is 29.5 Å². The van der Waals surface area contributed by atoms with E-state index in [4.69, 9.17) is 4.74 Å². The van der Waals surface area contributed by atoms with Crippen molar-refractivity contribution in [3.8, 4) is 5.75 Å². The second-order valence-electron chi connectivity index (χ2n) is 6.59. The summed E-state index contributed by atoms with van der Waals surface area (Å²) < 4.78 is 7.33. The lowest BCUT2D eigenvalue weighted by Gasteiger charge is -2.09. The summed E-state index contributed by atoms with van der Waals surface area (Å²) in [5.41, 5.74) is 2.53. The highest BCUT2D eigenvalue weighted by molar-refractivity contribution is 7.19. The van der Waals surface area contributed by atoms with Gasteiger partial charge in [-0.25, -0.2) is 0 Å². The summed E-state index contributed by atoms with van der Waals surface area (Å²) >= 11 is 1.70. The highest BCUT2D eigenvalue weighted by Crippen LogP contribution is 2.33. The standard InChI is InChI=1S/C23H22O2S/c1-16-11-12-20-19(23(15-24)26-22(20)14-16)9-5-13-25-21-10-4-7-17-6-2-3-8-18(17)21/h2-4,6-8,10-12,14,24H,5,9,13,15H2,1H3. The first-order chi connectivity index (χ1) is 12.8. The van der Waals surface area contributed by atoms with Crippen molar-refractivity contribution in [1.82, 2.24) is 0 Å². The van der Waals surface area contributed by atoms with Gasteiger partial charge in [-0.2, -0.15) is 0 Å². The molecule has 0 saturated carbocycles. The van der Waals surface area contributed by atoms with Crippen molar-refractivity contribution < 1.29 is 9.84 Å². The molecule has 0 aliphatic carbocycles. The number of thiophene rings is 1. The quantitative estimate of drug-likeness (QED) is 0.435. The molecule has 2 nitrogen and oxygen atoms in total. The Labute approximate surface area is 157 Å². The molecule has 0 amide bonds. The van der Waals surface area contributed by atoms with Crippen LogP contribution in [0.5, 0.6) is 5.75 Å². The third-order valence-electron chi connectivity index (χ3n) is 4.75. The van der Waals surface area contributed by atoms with Crippen molar-refractivity contribution in [3.05, 3.63) is 76.7 Å². The molecule has 0 radical (unpaired) electrons. The van der Waals surface area contributed by atoms with Crippen molar-refractivity contribution in [2.75, 3.05) is 6.61 Å². The molecule has 4 aromatic rings. The molecule has 0 atom stereocenters. The highest BCUT2D eigenvalue weighted by atomic mass is 32.1. The Balaban J connectivity index is 1.47. The van der Waals surface area contributed by atoms with E-state index in [1.54, 1.807) is 11.3 Å². The minimum absolute atomic E-state index is 0.109. The van der Waals surface area contributed by atoms with Gasteiger partial charge < -0.3 is 9.84 Å². The van der Waals surface area contributed by atoms with Gasteiger partial charge in [0.25, 0.3) is 0 Å². The average molecular weight is 362 g/mol. The summed E-state index contributed by atoms with van der Waals surface area (Å²) in [6.45, 7) is 2.88. The fourth-order valence-electron chi connectivity index (χ4n) is 3.46. The van der Waals surface area contributed by atoms with Crippen molar-refractivity contribution in [1.29, 1.82) is 0 Å². The van der Waals surface area contributed by atoms with E-state index in [0.717, 1.165) is 28.9 Å². The second-order valence-corrected chi connectivity index (χ2v) is 7.73. The van der Waals surface area contributed by atoms with Crippen LogP contribution in [0, 0.1) is 6.92 Å². The van der Waals surface area contributed by atoms with Gasteiger partial charge in [-0.05, 0) is 53.8 Å². The van der Waals surface area contributed by atoms with E-state index in [0.29, 0.717) is 6.61 Å². The van der Waals surface area contributed by atoms with E-state index in [-0.39, 0.29) is 6.61 Å². The summed E-state index contributed by atoms with van der Waals surface area (Å²) in [6.07, 6.45) is 1.85. The predicted molar refractivity (Wildman–Crippen MR) is 110 cm³/mol. The third-order valence-corrected chi connectivity index (χ3v) is 5.93. The first kappa shape index (κ1) is 17.1. The Kier molecular flexibility index (Phi) is 4.91. The van der Waals surface area contributed by atoms with E-state index < -0.39 is 0 Å². The van der Waals surface area contributed by atoms with Crippen molar-refractivity contribution >= 4 is 32.2 Å². The van der Waals surface area contributed by atoms with Crippen LogP contribution < -0.4 is 4.74 Å². The van der Waals surface area contributed by atoms with Crippen LogP contribution in [0.15, 0.2) is 60.7 Å². The van der Waals surface area contributed by atoms with Gasteiger partial charge in [0, 0.05) is 15.0 Å². The molecule has 132 valence electrons. The Bertz CT molecular complexity index is 1040. The molecule has 0 aliphatic heterocycles. The van der Waals surface area contributed by atoms with Gasteiger partial charge in [0.1, 0.15) is 5.75 Å². The maximum atomic E-state index is 9.72. The predicted octanol–water partition coefficient (Wildman–Crippen LogP) is 5.87. The Morgan fingerprint density at radius 2 is 1.81 bits per heavy atom. The first-order valence-electron chi connectivity index (χ1n) is 8.98. The van der Waals surface area contributed by atoms with Crippen LogP contribution in [-0.2, 0) is 13.0 Å². The van der Waals surface area contributed by atoms with Crippen LogP contribution in [0.25, 0.3) is 20.9 Å². The second kappa shape index (κ2) is 7.48. The van der Waals surface area contributed by atoms with Gasteiger partial charge in [0.05, 0.1) is 13.2 Å². The lowest BCUT2D eigenvalue weighted by molar-refractivity contribution is 0.283. The van der Waals surface area contributed by atoms with Crippen LogP contribution in [0.4, 0.5) is 0 Å². The molecular weight excluding hydrogens is 340 g/mol. The van der Waals surface area contributed by atoms with Crippen LogP contribution in [0.3, 0.4) is 0 Å². The summed E-state index contributed by atoms with van der Waals surface area (Å²) in [5, 5.41) is 13.3. The molecule has 0 bridgehead atoms. The molecule has 0 unspecified atom stereocenters. The summed E-state index contributed by atoms with van der Waals surface area (Å²) in [7, 11) is 0. The van der Waals surface area contributed by atoms with Gasteiger partial charge in [0.15, 0.2) is 0 Å².